The molecule has 0 aromatic heterocycles. The molecule has 0 fully saturated rings. The number of thioether (sulfide) groups is 1. The van der Waals surface area contributed by atoms with Crippen molar-refractivity contribution in [1.82, 2.24) is 5.32 Å². The van der Waals surface area contributed by atoms with Gasteiger partial charge in [-0.05, 0) is 44.0 Å². The fraction of sp³-hybridized carbons (Fsp3) is 0.533. The maximum absolute atomic E-state index is 5.35. The predicted octanol–water partition coefficient (Wildman–Crippen LogP) is 3.23. The van der Waals surface area contributed by atoms with Crippen LogP contribution in [0.5, 0.6) is 11.5 Å². The molecule has 4 nitrogen and oxygen atoms in total. The number of methoxy groups -OCH3 is 2. The van der Waals surface area contributed by atoms with Crippen LogP contribution in [-0.2, 0) is 5.75 Å². The van der Waals surface area contributed by atoms with Crippen molar-refractivity contribution in [2.45, 2.75) is 26.5 Å². The molecule has 1 aromatic carbocycles. The molecular weight excluding hydrogens is 272 g/mol. The predicted molar refractivity (Wildman–Crippen MR) is 87.2 cm³/mol. The smallest absolute Gasteiger partial charge is 0.161 e. The fourth-order valence-electron chi connectivity index (χ4n) is 1.77. The molecule has 5 heteroatoms. The highest BCUT2D eigenvalue weighted by Crippen LogP contribution is 2.31. The van der Waals surface area contributed by atoms with Gasteiger partial charge in [0.2, 0.25) is 0 Å². The van der Waals surface area contributed by atoms with Crippen LogP contribution in [0.15, 0.2) is 17.1 Å². The van der Waals surface area contributed by atoms with Crippen LogP contribution in [-0.4, -0.2) is 32.5 Å². The van der Waals surface area contributed by atoms with Crippen LogP contribution in [0.3, 0.4) is 0 Å². The third-order valence-electron chi connectivity index (χ3n) is 2.84. The summed E-state index contributed by atoms with van der Waals surface area (Å²) in [7, 11) is 3.32. The lowest BCUT2D eigenvalue weighted by molar-refractivity contribution is 0.354. The molecule has 0 saturated carbocycles. The van der Waals surface area contributed by atoms with Crippen LogP contribution < -0.4 is 14.8 Å². The summed E-state index contributed by atoms with van der Waals surface area (Å²) in [4.78, 5) is 4.45. The molecule has 1 aromatic rings. The molecule has 0 unspecified atom stereocenters. The van der Waals surface area contributed by atoms with Gasteiger partial charge in [-0.1, -0.05) is 11.8 Å². The van der Waals surface area contributed by atoms with E-state index in [0.29, 0.717) is 0 Å². The number of hydrogen-bond acceptors (Lipinski definition) is 4. The number of nitrogens with one attached hydrogen (secondary N) is 1. The van der Waals surface area contributed by atoms with Crippen LogP contribution in [0, 0.1) is 6.92 Å². The zero-order valence-corrected chi connectivity index (χ0v) is 13.8. The Labute approximate surface area is 126 Å². The van der Waals surface area contributed by atoms with E-state index in [-0.39, 0.29) is 0 Å². The van der Waals surface area contributed by atoms with E-state index < -0.39 is 0 Å². The standard InChI is InChI=1S/C15H24N2O2S/c1-6-16-15(17-7-2)20-10-12-9-14(19-5)13(18-4)8-11(12)3/h8-9H,6-7,10H2,1-5H3,(H,16,17). The Hall–Kier alpha value is -1.36. The van der Waals surface area contributed by atoms with Crippen LogP contribution in [0.25, 0.3) is 0 Å². The summed E-state index contributed by atoms with van der Waals surface area (Å²) in [6.07, 6.45) is 0. The van der Waals surface area contributed by atoms with Crippen molar-refractivity contribution < 1.29 is 9.47 Å². The first kappa shape index (κ1) is 16.7. The molecule has 0 radical (unpaired) electrons. The van der Waals surface area contributed by atoms with Gasteiger partial charge in [-0.15, -0.1) is 0 Å². The first-order chi connectivity index (χ1) is 9.65. The minimum Gasteiger partial charge on any atom is -0.493 e. The van der Waals surface area contributed by atoms with E-state index in [4.69, 9.17) is 9.47 Å². The van der Waals surface area contributed by atoms with Crippen molar-refractivity contribution in [2.75, 3.05) is 27.3 Å². The lowest BCUT2D eigenvalue weighted by Crippen LogP contribution is -2.20. The summed E-state index contributed by atoms with van der Waals surface area (Å²) in [5, 5.41) is 4.27. The lowest BCUT2D eigenvalue weighted by Gasteiger charge is -2.13. The van der Waals surface area contributed by atoms with Gasteiger partial charge < -0.3 is 14.8 Å². The molecule has 0 aliphatic rings. The number of rotatable bonds is 6. The van der Waals surface area contributed by atoms with Gasteiger partial charge in [0.15, 0.2) is 16.7 Å². The second kappa shape index (κ2) is 8.74. The summed E-state index contributed by atoms with van der Waals surface area (Å²) in [5.74, 6) is 2.40. The molecular formula is C15H24N2O2S. The third-order valence-corrected chi connectivity index (χ3v) is 3.84. The highest BCUT2D eigenvalue weighted by atomic mass is 32.2. The molecule has 0 bridgehead atoms. The van der Waals surface area contributed by atoms with Crippen molar-refractivity contribution in [3.8, 4) is 11.5 Å². The Balaban J connectivity index is 2.84. The average molecular weight is 296 g/mol. The fourth-order valence-corrected chi connectivity index (χ4v) is 2.84. The maximum Gasteiger partial charge on any atom is 0.161 e. The Kier molecular flexibility index (Phi) is 7.30. The van der Waals surface area contributed by atoms with E-state index in [0.717, 1.165) is 35.5 Å². The van der Waals surface area contributed by atoms with E-state index in [9.17, 15) is 0 Å². The van der Waals surface area contributed by atoms with Crippen LogP contribution in [0.4, 0.5) is 0 Å². The number of amidine groups is 1. The maximum atomic E-state index is 5.35. The molecule has 1 N–H and O–H groups in total. The minimum atomic E-state index is 0.770. The number of aryl methyl sites for hydroxylation is 1. The summed E-state index contributed by atoms with van der Waals surface area (Å²) in [6.45, 7) is 7.88. The van der Waals surface area contributed by atoms with Gasteiger partial charge in [0, 0.05) is 18.8 Å². The molecule has 0 atom stereocenters. The van der Waals surface area contributed by atoms with Crippen LogP contribution in [0.1, 0.15) is 25.0 Å². The molecule has 0 aliphatic heterocycles. The Morgan fingerprint density at radius 2 is 1.85 bits per heavy atom. The van der Waals surface area contributed by atoms with Crippen molar-refractivity contribution in [3.05, 3.63) is 23.3 Å². The SMILES string of the molecule is CCN=C(NCC)SCc1cc(OC)c(OC)cc1C. The zero-order valence-electron chi connectivity index (χ0n) is 12.9. The number of ether oxygens (including phenoxy) is 2. The van der Waals surface area contributed by atoms with Gasteiger partial charge in [-0.2, -0.15) is 0 Å². The van der Waals surface area contributed by atoms with E-state index in [2.05, 4.69) is 24.2 Å². The van der Waals surface area contributed by atoms with Gasteiger partial charge in [-0.3, -0.25) is 4.99 Å². The number of benzene rings is 1. The number of nitrogens with zero attached hydrogens (tertiary/aromatic N) is 1. The monoisotopic (exact) mass is 296 g/mol. The third kappa shape index (κ3) is 4.63. The van der Waals surface area contributed by atoms with E-state index >= 15 is 0 Å². The molecule has 20 heavy (non-hydrogen) atoms. The van der Waals surface area contributed by atoms with Crippen molar-refractivity contribution in [2.24, 2.45) is 4.99 Å². The van der Waals surface area contributed by atoms with Gasteiger partial charge in [0.25, 0.3) is 0 Å². The Morgan fingerprint density at radius 3 is 2.40 bits per heavy atom. The zero-order chi connectivity index (χ0) is 15.0. The van der Waals surface area contributed by atoms with E-state index in [1.165, 1.54) is 11.1 Å². The molecule has 0 aliphatic carbocycles. The number of hydrogen-bond donors (Lipinski definition) is 1. The van der Waals surface area contributed by atoms with Gasteiger partial charge in [-0.25, -0.2) is 0 Å². The van der Waals surface area contributed by atoms with E-state index in [1.807, 2.05) is 19.1 Å². The highest BCUT2D eigenvalue weighted by Gasteiger charge is 2.09. The summed E-state index contributed by atoms with van der Waals surface area (Å²) >= 11 is 1.71. The normalized spacial score (nSPS) is 11.3. The van der Waals surface area contributed by atoms with Crippen LogP contribution in [0.2, 0.25) is 0 Å². The first-order valence-corrected chi connectivity index (χ1v) is 7.77. The average Bonchev–Trinajstić information content (AvgIpc) is 2.45. The lowest BCUT2D eigenvalue weighted by atomic mass is 10.1. The second-order valence-corrected chi connectivity index (χ2v) is 5.20. The summed E-state index contributed by atoms with van der Waals surface area (Å²) in [6, 6.07) is 4.05. The topological polar surface area (TPSA) is 42.9 Å². The van der Waals surface area contributed by atoms with Gasteiger partial charge in [0.1, 0.15) is 0 Å². The van der Waals surface area contributed by atoms with Crippen molar-refractivity contribution in [1.29, 1.82) is 0 Å². The highest BCUT2D eigenvalue weighted by molar-refractivity contribution is 8.13. The molecule has 0 saturated heterocycles. The summed E-state index contributed by atoms with van der Waals surface area (Å²) in [5.41, 5.74) is 2.43. The summed E-state index contributed by atoms with van der Waals surface area (Å²) < 4.78 is 10.7. The Bertz CT molecular complexity index is 461. The van der Waals surface area contributed by atoms with Gasteiger partial charge >= 0.3 is 0 Å². The largest absolute Gasteiger partial charge is 0.493 e. The van der Waals surface area contributed by atoms with Crippen molar-refractivity contribution >= 4 is 16.9 Å². The number of aliphatic imine (C=N–C) groups is 1. The van der Waals surface area contributed by atoms with Crippen molar-refractivity contribution in [3.63, 3.8) is 0 Å². The molecule has 0 spiro atoms. The Morgan fingerprint density at radius 1 is 1.20 bits per heavy atom. The quantitative estimate of drug-likeness (QED) is 0.646. The minimum absolute atomic E-state index is 0.770. The molecule has 0 amide bonds. The van der Waals surface area contributed by atoms with E-state index in [1.54, 1.807) is 26.0 Å². The second-order valence-electron chi connectivity index (χ2n) is 4.23. The molecule has 1 rings (SSSR count). The van der Waals surface area contributed by atoms with Crippen LogP contribution >= 0.6 is 11.8 Å². The molecule has 112 valence electrons. The van der Waals surface area contributed by atoms with Gasteiger partial charge in [0.05, 0.1) is 14.2 Å². The molecule has 0 heterocycles. The first-order valence-electron chi connectivity index (χ1n) is 6.78.